The second-order valence-corrected chi connectivity index (χ2v) is 6.55. The van der Waals surface area contributed by atoms with Crippen LogP contribution in [0.3, 0.4) is 0 Å². The van der Waals surface area contributed by atoms with Gasteiger partial charge in [0.15, 0.2) is 0 Å². The highest BCUT2D eigenvalue weighted by molar-refractivity contribution is 7.15. The molecule has 25 heavy (non-hydrogen) atoms. The maximum absolute atomic E-state index is 12.3. The molecule has 0 bridgehead atoms. The molecule has 0 saturated heterocycles. The van der Waals surface area contributed by atoms with Crippen molar-refractivity contribution in [3.8, 4) is 16.3 Å². The van der Waals surface area contributed by atoms with Gasteiger partial charge in [-0.15, -0.1) is 11.3 Å². The molecule has 0 fully saturated rings. The van der Waals surface area contributed by atoms with Gasteiger partial charge in [-0.05, 0) is 31.2 Å². The minimum absolute atomic E-state index is 0.131. The molecule has 0 spiro atoms. The van der Waals surface area contributed by atoms with Crippen molar-refractivity contribution < 1.29 is 9.53 Å². The van der Waals surface area contributed by atoms with E-state index in [2.05, 4.69) is 15.3 Å². The number of nitrogens with zero attached hydrogens (tertiary/aromatic N) is 2. The van der Waals surface area contributed by atoms with Crippen molar-refractivity contribution in [3.05, 3.63) is 64.9 Å². The lowest BCUT2D eigenvalue weighted by Gasteiger charge is -2.08. The third-order valence-electron chi connectivity index (χ3n) is 3.81. The number of rotatable bonds is 6. The lowest BCUT2D eigenvalue weighted by atomic mass is 10.2. The number of methoxy groups -OCH3 is 1. The molecule has 0 atom stereocenters. The summed E-state index contributed by atoms with van der Waals surface area (Å²) >= 11 is 1.65. The highest BCUT2D eigenvalue weighted by Gasteiger charge is 2.12. The molecule has 0 unspecified atom stereocenters. The van der Waals surface area contributed by atoms with Crippen LogP contribution in [0.15, 0.2) is 48.8 Å². The van der Waals surface area contributed by atoms with E-state index in [1.165, 1.54) is 4.88 Å². The number of ether oxygens (including phenoxy) is 1. The second kappa shape index (κ2) is 7.90. The van der Waals surface area contributed by atoms with Gasteiger partial charge in [0.25, 0.3) is 5.91 Å². The highest BCUT2D eigenvalue weighted by Crippen LogP contribution is 2.27. The Hall–Kier alpha value is -2.73. The van der Waals surface area contributed by atoms with Gasteiger partial charge in [0.2, 0.25) is 0 Å². The van der Waals surface area contributed by atoms with Crippen LogP contribution < -0.4 is 10.1 Å². The molecule has 1 amide bonds. The van der Waals surface area contributed by atoms with Crippen molar-refractivity contribution >= 4 is 17.2 Å². The Labute approximate surface area is 150 Å². The zero-order valence-electron chi connectivity index (χ0n) is 14.2. The van der Waals surface area contributed by atoms with Gasteiger partial charge in [0, 0.05) is 35.8 Å². The summed E-state index contributed by atoms with van der Waals surface area (Å²) in [6, 6.07) is 11.1. The van der Waals surface area contributed by atoms with E-state index in [1.54, 1.807) is 43.0 Å². The van der Waals surface area contributed by atoms with E-state index in [0.29, 0.717) is 17.9 Å². The van der Waals surface area contributed by atoms with E-state index in [0.717, 1.165) is 22.7 Å². The molecule has 128 valence electrons. The first kappa shape index (κ1) is 17.1. The topological polar surface area (TPSA) is 64.1 Å². The van der Waals surface area contributed by atoms with Crippen LogP contribution in [-0.2, 0) is 6.42 Å². The fourth-order valence-corrected chi connectivity index (χ4v) is 3.56. The third-order valence-corrected chi connectivity index (χ3v) is 5.08. The Kier molecular flexibility index (Phi) is 5.40. The van der Waals surface area contributed by atoms with Crippen LogP contribution in [0.5, 0.6) is 5.75 Å². The van der Waals surface area contributed by atoms with E-state index in [9.17, 15) is 4.79 Å². The van der Waals surface area contributed by atoms with E-state index in [-0.39, 0.29) is 5.91 Å². The van der Waals surface area contributed by atoms with Crippen molar-refractivity contribution in [1.29, 1.82) is 0 Å². The van der Waals surface area contributed by atoms with E-state index >= 15 is 0 Å². The number of nitrogens with one attached hydrogen (secondary N) is 1. The number of aryl methyl sites for hydroxylation is 1. The number of pyridine rings is 1. The lowest BCUT2D eigenvalue weighted by molar-refractivity contribution is 0.0951. The number of hydrogen-bond acceptors (Lipinski definition) is 5. The molecule has 2 aromatic heterocycles. The first-order chi connectivity index (χ1) is 12.2. The minimum Gasteiger partial charge on any atom is -0.496 e. The van der Waals surface area contributed by atoms with Crippen molar-refractivity contribution in [3.63, 3.8) is 0 Å². The highest BCUT2D eigenvalue weighted by atomic mass is 32.1. The maximum Gasteiger partial charge on any atom is 0.255 e. The molecular formula is C19H19N3O2S. The van der Waals surface area contributed by atoms with E-state index in [1.807, 2.05) is 31.2 Å². The minimum atomic E-state index is -0.131. The Morgan fingerprint density at radius 3 is 2.72 bits per heavy atom. The van der Waals surface area contributed by atoms with Crippen LogP contribution in [0, 0.1) is 6.92 Å². The number of carbonyl (C=O) groups is 1. The summed E-state index contributed by atoms with van der Waals surface area (Å²) < 4.78 is 5.23. The smallest absolute Gasteiger partial charge is 0.255 e. The number of benzene rings is 1. The van der Waals surface area contributed by atoms with Gasteiger partial charge in [0.1, 0.15) is 10.8 Å². The molecule has 0 aliphatic rings. The molecule has 5 nitrogen and oxygen atoms in total. The number of carbonyl (C=O) groups excluding carboxylic acids is 1. The quantitative estimate of drug-likeness (QED) is 0.737. The molecule has 0 radical (unpaired) electrons. The van der Waals surface area contributed by atoms with Crippen LogP contribution in [0.4, 0.5) is 0 Å². The van der Waals surface area contributed by atoms with Crippen LogP contribution in [0.1, 0.15) is 20.9 Å². The predicted molar refractivity (Wildman–Crippen MR) is 99.1 cm³/mol. The summed E-state index contributed by atoms with van der Waals surface area (Å²) in [5, 5.41) is 3.93. The SMILES string of the molecule is COc1ccccc1C(=O)NCCc1sc(-c2ccncc2)nc1C. The standard InChI is InChI=1S/C19H19N3O2S/c1-13-17(25-19(22-13)14-7-10-20-11-8-14)9-12-21-18(23)15-5-3-4-6-16(15)24-2/h3-8,10-11H,9,12H2,1-2H3,(H,21,23). The van der Waals surface area contributed by atoms with Gasteiger partial charge in [-0.1, -0.05) is 12.1 Å². The third kappa shape index (κ3) is 4.03. The number of amides is 1. The number of thiazole rings is 1. The zero-order chi connectivity index (χ0) is 17.6. The molecule has 0 aliphatic carbocycles. The second-order valence-electron chi connectivity index (χ2n) is 5.47. The molecule has 3 aromatic rings. The van der Waals surface area contributed by atoms with Crippen molar-refractivity contribution in [1.82, 2.24) is 15.3 Å². The summed E-state index contributed by atoms with van der Waals surface area (Å²) in [5.41, 5.74) is 2.61. The number of hydrogen-bond donors (Lipinski definition) is 1. The van der Waals surface area contributed by atoms with E-state index < -0.39 is 0 Å². The number of aromatic nitrogens is 2. The van der Waals surface area contributed by atoms with Gasteiger partial charge in [-0.2, -0.15) is 0 Å². The van der Waals surface area contributed by atoms with E-state index in [4.69, 9.17) is 4.74 Å². The normalized spacial score (nSPS) is 10.5. The molecule has 1 aromatic carbocycles. The zero-order valence-corrected chi connectivity index (χ0v) is 15.0. The average molecular weight is 353 g/mol. The molecule has 2 heterocycles. The molecular weight excluding hydrogens is 334 g/mol. The summed E-state index contributed by atoms with van der Waals surface area (Å²) in [4.78, 5) is 22.1. The Balaban J connectivity index is 1.63. The summed E-state index contributed by atoms with van der Waals surface area (Å²) in [5.74, 6) is 0.447. The Morgan fingerprint density at radius 1 is 1.20 bits per heavy atom. The monoisotopic (exact) mass is 353 g/mol. The molecule has 0 saturated carbocycles. The van der Waals surface area contributed by atoms with Crippen molar-refractivity contribution in [2.24, 2.45) is 0 Å². The fourth-order valence-electron chi connectivity index (χ4n) is 2.49. The summed E-state index contributed by atoms with van der Waals surface area (Å²) in [7, 11) is 1.56. The van der Waals surface area contributed by atoms with Crippen molar-refractivity contribution in [2.75, 3.05) is 13.7 Å². The number of para-hydroxylation sites is 1. The first-order valence-corrected chi connectivity index (χ1v) is 8.78. The van der Waals surface area contributed by atoms with Gasteiger partial charge in [-0.25, -0.2) is 4.98 Å². The molecule has 0 aliphatic heterocycles. The van der Waals surface area contributed by atoms with Gasteiger partial charge in [-0.3, -0.25) is 9.78 Å². The predicted octanol–water partition coefficient (Wildman–Crippen LogP) is 3.49. The maximum atomic E-state index is 12.3. The first-order valence-electron chi connectivity index (χ1n) is 7.97. The molecule has 3 rings (SSSR count). The van der Waals surface area contributed by atoms with Gasteiger partial charge < -0.3 is 10.1 Å². The Morgan fingerprint density at radius 2 is 1.96 bits per heavy atom. The lowest BCUT2D eigenvalue weighted by Crippen LogP contribution is -2.26. The van der Waals surface area contributed by atoms with Gasteiger partial charge >= 0.3 is 0 Å². The van der Waals surface area contributed by atoms with Crippen LogP contribution in [0.25, 0.3) is 10.6 Å². The Bertz CT molecular complexity index is 862. The van der Waals surface area contributed by atoms with Crippen LogP contribution >= 0.6 is 11.3 Å². The molecule has 6 heteroatoms. The van der Waals surface area contributed by atoms with Crippen LogP contribution in [0.2, 0.25) is 0 Å². The summed E-state index contributed by atoms with van der Waals surface area (Å²) in [6.45, 7) is 2.55. The summed E-state index contributed by atoms with van der Waals surface area (Å²) in [6.07, 6.45) is 4.27. The van der Waals surface area contributed by atoms with Crippen LogP contribution in [-0.4, -0.2) is 29.5 Å². The average Bonchev–Trinajstić information content (AvgIpc) is 3.03. The fraction of sp³-hybridized carbons (Fsp3) is 0.211. The van der Waals surface area contributed by atoms with Gasteiger partial charge in [0.05, 0.1) is 18.4 Å². The largest absolute Gasteiger partial charge is 0.496 e. The van der Waals surface area contributed by atoms with Crippen molar-refractivity contribution in [2.45, 2.75) is 13.3 Å². The molecule has 1 N–H and O–H groups in total.